The molecule has 0 aliphatic heterocycles. The molecule has 0 heterocycles. The topological polar surface area (TPSA) is 66.5 Å². The maximum Gasteiger partial charge on any atom is 0.245 e. The highest BCUT2D eigenvalue weighted by Gasteiger charge is 2.35. The average Bonchev–Trinajstić information content (AvgIpc) is 2.38. The number of rotatable bonds is 7. The van der Waals surface area contributed by atoms with Crippen molar-refractivity contribution in [1.29, 1.82) is 0 Å². The Bertz CT molecular complexity index is 447. The number of nitrogens with zero attached hydrogens (tertiary/aromatic N) is 1. The fourth-order valence-corrected chi connectivity index (χ4v) is 2.24. The molecular weight excluding hydrogens is 280 g/mol. The SMILES string of the molecule is CC(=O)/C(C)=C/C(C(C)C)N(C)C(=O)C(NC=O)C(C)(C)C. The molecule has 2 atom stereocenters. The fourth-order valence-electron chi connectivity index (χ4n) is 2.24. The van der Waals surface area contributed by atoms with E-state index >= 15 is 0 Å². The van der Waals surface area contributed by atoms with Gasteiger partial charge in [0.2, 0.25) is 12.3 Å². The van der Waals surface area contributed by atoms with E-state index in [4.69, 9.17) is 0 Å². The van der Waals surface area contributed by atoms with Crippen LogP contribution in [-0.4, -0.2) is 42.1 Å². The molecule has 0 bridgehead atoms. The van der Waals surface area contributed by atoms with Crippen LogP contribution in [0.15, 0.2) is 11.6 Å². The number of amides is 2. The number of ketones is 1. The average molecular weight is 310 g/mol. The van der Waals surface area contributed by atoms with E-state index in [1.807, 2.05) is 40.7 Å². The third kappa shape index (κ3) is 5.62. The van der Waals surface area contributed by atoms with E-state index in [0.717, 1.165) is 0 Å². The number of hydrogen-bond donors (Lipinski definition) is 1. The summed E-state index contributed by atoms with van der Waals surface area (Å²) in [6.45, 7) is 13.0. The van der Waals surface area contributed by atoms with Crippen LogP contribution in [0.25, 0.3) is 0 Å². The van der Waals surface area contributed by atoms with Gasteiger partial charge in [-0.25, -0.2) is 0 Å². The highest BCUT2D eigenvalue weighted by molar-refractivity contribution is 5.93. The normalized spacial score (nSPS) is 15.2. The monoisotopic (exact) mass is 310 g/mol. The van der Waals surface area contributed by atoms with Gasteiger partial charge in [0.15, 0.2) is 5.78 Å². The van der Waals surface area contributed by atoms with E-state index in [1.54, 1.807) is 18.9 Å². The second-order valence-corrected chi connectivity index (χ2v) is 7.17. The van der Waals surface area contributed by atoms with Crippen LogP contribution in [0.5, 0.6) is 0 Å². The van der Waals surface area contributed by atoms with Gasteiger partial charge in [-0.2, -0.15) is 0 Å². The number of carbonyl (C=O) groups is 3. The van der Waals surface area contributed by atoms with Gasteiger partial charge in [-0.15, -0.1) is 0 Å². The number of hydrogen-bond acceptors (Lipinski definition) is 3. The number of nitrogens with one attached hydrogen (secondary N) is 1. The van der Waals surface area contributed by atoms with Gasteiger partial charge < -0.3 is 10.2 Å². The van der Waals surface area contributed by atoms with Crippen LogP contribution >= 0.6 is 0 Å². The Morgan fingerprint density at radius 3 is 1.95 bits per heavy atom. The van der Waals surface area contributed by atoms with Crippen molar-refractivity contribution in [2.45, 2.75) is 60.5 Å². The van der Waals surface area contributed by atoms with Gasteiger partial charge >= 0.3 is 0 Å². The number of Topliss-reactive ketones (excluding diaryl/α,β-unsaturated/α-hetero) is 1. The van der Waals surface area contributed by atoms with Gasteiger partial charge in [0.05, 0.1) is 6.04 Å². The van der Waals surface area contributed by atoms with Gasteiger partial charge in [0.25, 0.3) is 0 Å². The van der Waals surface area contributed by atoms with Crippen molar-refractivity contribution in [1.82, 2.24) is 10.2 Å². The summed E-state index contributed by atoms with van der Waals surface area (Å²) in [6.07, 6.45) is 2.38. The first-order valence-corrected chi connectivity index (χ1v) is 7.59. The molecule has 1 N–H and O–H groups in total. The van der Waals surface area contributed by atoms with E-state index in [9.17, 15) is 14.4 Å². The third-order valence-electron chi connectivity index (χ3n) is 3.80. The van der Waals surface area contributed by atoms with Crippen LogP contribution in [0, 0.1) is 11.3 Å². The Kier molecular flexibility index (Phi) is 7.50. The van der Waals surface area contributed by atoms with Crippen LogP contribution in [-0.2, 0) is 14.4 Å². The Morgan fingerprint density at radius 2 is 1.64 bits per heavy atom. The molecule has 0 saturated carbocycles. The number of allylic oxidation sites excluding steroid dienone is 1. The first kappa shape index (κ1) is 20.3. The first-order valence-electron chi connectivity index (χ1n) is 7.59. The van der Waals surface area contributed by atoms with Crippen LogP contribution < -0.4 is 5.32 Å². The maximum atomic E-state index is 12.8. The van der Waals surface area contributed by atoms with Crippen molar-refractivity contribution in [3.8, 4) is 0 Å². The van der Waals surface area contributed by atoms with Crippen molar-refractivity contribution in [2.75, 3.05) is 7.05 Å². The smallest absolute Gasteiger partial charge is 0.245 e. The molecule has 0 saturated heterocycles. The highest BCUT2D eigenvalue weighted by atomic mass is 16.2. The quantitative estimate of drug-likeness (QED) is 0.579. The molecular formula is C17H30N2O3. The van der Waals surface area contributed by atoms with Crippen LogP contribution in [0.1, 0.15) is 48.5 Å². The molecule has 126 valence electrons. The van der Waals surface area contributed by atoms with E-state index < -0.39 is 11.5 Å². The lowest BCUT2D eigenvalue weighted by Crippen LogP contribution is -2.54. The summed E-state index contributed by atoms with van der Waals surface area (Å²) in [4.78, 5) is 36.7. The van der Waals surface area contributed by atoms with Gasteiger partial charge in [0.1, 0.15) is 6.04 Å². The second-order valence-electron chi connectivity index (χ2n) is 7.17. The summed E-state index contributed by atoms with van der Waals surface area (Å²) in [5, 5.41) is 2.61. The Balaban J connectivity index is 5.51. The summed E-state index contributed by atoms with van der Waals surface area (Å²) in [5.74, 6) is -0.0177. The minimum Gasteiger partial charge on any atom is -0.346 e. The standard InChI is InChI=1S/C17H30N2O3/c1-11(2)14(9-12(3)13(4)21)19(8)16(22)15(18-10-20)17(5,6)7/h9-11,14-15H,1-8H3,(H,18,20)/b12-9+. The lowest BCUT2D eigenvalue weighted by molar-refractivity contribution is -0.138. The largest absolute Gasteiger partial charge is 0.346 e. The van der Waals surface area contributed by atoms with Crippen molar-refractivity contribution >= 4 is 18.1 Å². The van der Waals surface area contributed by atoms with Crippen molar-refractivity contribution in [3.63, 3.8) is 0 Å². The molecule has 2 amide bonds. The zero-order valence-electron chi connectivity index (χ0n) is 15.1. The summed E-state index contributed by atoms with van der Waals surface area (Å²) in [6, 6.07) is -0.808. The van der Waals surface area contributed by atoms with Crippen LogP contribution in [0.3, 0.4) is 0 Å². The maximum absolute atomic E-state index is 12.8. The summed E-state index contributed by atoms with van der Waals surface area (Å²) in [7, 11) is 1.71. The molecule has 0 fully saturated rings. The minimum absolute atomic E-state index is 0.00936. The Hall–Kier alpha value is -1.65. The fraction of sp³-hybridized carbons (Fsp3) is 0.706. The molecule has 5 heteroatoms. The third-order valence-corrected chi connectivity index (χ3v) is 3.80. The van der Waals surface area contributed by atoms with Crippen molar-refractivity contribution < 1.29 is 14.4 Å². The van der Waals surface area contributed by atoms with E-state index in [1.165, 1.54) is 6.92 Å². The Morgan fingerprint density at radius 1 is 1.14 bits per heavy atom. The first-order chi connectivity index (χ1) is 9.93. The van der Waals surface area contributed by atoms with E-state index in [-0.39, 0.29) is 23.7 Å². The molecule has 0 rings (SSSR count). The Labute approximate surface area is 134 Å². The van der Waals surface area contributed by atoms with Gasteiger partial charge in [-0.05, 0) is 30.8 Å². The number of carbonyl (C=O) groups excluding carboxylic acids is 3. The predicted molar refractivity (Wildman–Crippen MR) is 88.3 cm³/mol. The molecule has 0 aliphatic rings. The lowest BCUT2D eigenvalue weighted by atomic mass is 9.85. The van der Waals surface area contributed by atoms with E-state index in [2.05, 4.69) is 5.32 Å². The van der Waals surface area contributed by atoms with Gasteiger partial charge in [-0.1, -0.05) is 40.7 Å². The minimum atomic E-state index is -0.609. The zero-order valence-corrected chi connectivity index (χ0v) is 15.1. The molecule has 0 aromatic carbocycles. The van der Waals surface area contributed by atoms with Crippen molar-refractivity contribution in [3.05, 3.63) is 11.6 Å². The molecule has 0 aromatic rings. The molecule has 0 radical (unpaired) electrons. The predicted octanol–water partition coefficient (Wildman–Crippen LogP) is 2.17. The molecule has 2 unspecified atom stereocenters. The molecule has 0 aromatic heterocycles. The van der Waals surface area contributed by atoms with Crippen molar-refractivity contribution in [2.24, 2.45) is 11.3 Å². The van der Waals surface area contributed by atoms with Gasteiger partial charge in [0, 0.05) is 7.05 Å². The summed E-state index contributed by atoms with van der Waals surface area (Å²) >= 11 is 0. The molecule has 0 aliphatic carbocycles. The summed E-state index contributed by atoms with van der Waals surface area (Å²) in [5.41, 5.74) is 0.238. The van der Waals surface area contributed by atoms with Gasteiger partial charge in [-0.3, -0.25) is 14.4 Å². The molecule has 0 spiro atoms. The number of likely N-dealkylation sites (N-methyl/N-ethyl adjacent to an activating group) is 1. The van der Waals surface area contributed by atoms with E-state index in [0.29, 0.717) is 12.0 Å². The molecule has 22 heavy (non-hydrogen) atoms. The van der Waals surface area contributed by atoms with Crippen LogP contribution in [0.4, 0.5) is 0 Å². The van der Waals surface area contributed by atoms with Crippen LogP contribution in [0.2, 0.25) is 0 Å². The summed E-state index contributed by atoms with van der Waals surface area (Å²) < 4.78 is 0. The highest BCUT2D eigenvalue weighted by Crippen LogP contribution is 2.23. The zero-order chi connectivity index (χ0) is 17.7. The molecule has 5 nitrogen and oxygen atoms in total. The second kappa shape index (κ2) is 8.11. The lowest BCUT2D eigenvalue weighted by Gasteiger charge is -2.36.